The molecule has 0 atom stereocenters. The second-order valence-electron chi connectivity index (χ2n) is 5.13. The molecular weight excluding hydrogens is 734 g/mol. The third-order valence-electron chi connectivity index (χ3n) is 3.04. The first kappa shape index (κ1) is 22.9. The van der Waals surface area contributed by atoms with Crippen LogP contribution in [0.15, 0.2) is 36.4 Å². The number of carbonyl (C=O) groups is 2. The molecule has 0 radical (unpaired) electrons. The van der Waals surface area contributed by atoms with E-state index in [0.717, 1.165) is 17.0 Å². The van der Waals surface area contributed by atoms with Gasteiger partial charge < -0.3 is 5.32 Å². The Morgan fingerprint density at radius 3 is 2.04 bits per heavy atom. The lowest BCUT2D eigenvalue weighted by atomic mass is 10.3. The monoisotopic (exact) mass is 745 g/mol. The van der Waals surface area contributed by atoms with Crippen LogP contribution in [0.1, 0.15) is 0 Å². The van der Waals surface area contributed by atoms with Crippen molar-refractivity contribution < 1.29 is 18.0 Å². The van der Waals surface area contributed by atoms with Crippen LogP contribution in [-0.2, 0) is 10.0 Å². The molecule has 2 N–H and O–H groups in total. The van der Waals surface area contributed by atoms with Gasteiger partial charge in [-0.3, -0.25) is 5.32 Å². The predicted molar refractivity (Wildman–Crippen MR) is 131 cm³/mol. The Labute approximate surface area is 202 Å². The van der Waals surface area contributed by atoms with E-state index in [-0.39, 0.29) is 5.69 Å². The first-order chi connectivity index (χ1) is 12.5. The molecular formula is C15H11ClI3N3O4S. The second kappa shape index (κ2) is 9.41. The smallest absolute Gasteiger partial charge is 0.306 e. The summed E-state index contributed by atoms with van der Waals surface area (Å²) in [5, 5.41) is 4.99. The van der Waals surface area contributed by atoms with E-state index in [0.29, 0.717) is 15.0 Å². The predicted octanol–water partition coefficient (Wildman–Crippen LogP) is 4.86. The molecule has 0 unspecified atom stereocenters. The molecule has 2 aromatic carbocycles. The van der Waals surface area contributed by atoms with Crippen molar-refractivity contribution in [3.8, 4) is 0 Å². The summed E-state index contributed by atoms with van der Waals surface area (Å²) in [6, 6.07) is 7.39. The van der Waals surface area contributed by atoms with E-state index in [2.05, 4.69) is 73.1 Å². The van der Waals surface area contributed by atoms with Crippen molar-refractivity contribution >= 4 is 113 Å². The van der Waals surface area contributed by atoms with Gasteiger partial charge in [-0.05, 0) is 104 Å². The van der Waals surface area contributed by atoms with Gasteiger partial charge in [-0.1, -0.05) is 11.6 Å². The largest absolute Gasteiger partial charge is 0.343 e. The van der Waals surface area contributed by atoms with Gasteiger partial charge in [0.1, 0.15) is 0 Å². The van der Waals surface area contributed by atoms with Gasteiger partial charge in [-0.25, -0.2) is 18.0 Å². The first-order valence-electron chi connectivity index (χ1n) is 7.01. The first-order valence-corrected chi connectivity index (χ1v) is 12.5. The zero-order valence-electron chi connectivity index (χ0n) is 13.5. The fraction of sp³-hybridized carbons (Fsp3) is 0.0667. The summed E-state index contributed by atoms with van der Waals surface area (Å²) in [6.07, 6.45) is 0.865. The lowest BCUT2D eigenvalue weighted by Crippen LogP contribution is -2.47. The molecule has 0 heterocycles. The number of hydrogen-bond donors (Lipinski definition) is 2. The minimum Gasteiger partial charge on any atom is -0.306 e. The molecule has 0 saturated heterocycles. The van der Waals surface area contributed by atoms with Crippen LogP contribution in [0.2, 0.25) is 5.02 Å². The highest BCUT2D eigenvalue weighted by atomic mass is 127. The Morgan fingerprint density at radius 2 is 1.56 bits per heavy atom. The van der Waals surface area contributed by atoms with E-state index in [1.54, 1.807) is 0 Å². The number of imide groups is 1. The number of urea groups is 2. The van der Waals surface area contributed by atoms with Crippen LogP contribution in [0.25, 0.3) is 0 Å². The molecule has 4 amide bonds. The van der Waals surface area contributed by atoms with Gasteiger partial charge in [-0.15, -0.1) is 0 Å². The van der Waals surface area contributed by atoms with Gasteiger partial charge in [0.2, 0.25) is 10.0 Å². The number of anilines is 2. The van der Waals surface area contributed by atoms with Crippen LogP contribution in [0.3, 0.4) is 0 Å². The fourth-order valence-electron chi connectivity index (χ4n) is 1.99. The summed E-state index contributed by atoms with van der Waals surface area (Å²) >= 11 is 12.1. The van der Waals surface area contributed by atoms with Crippen LogP contribution in [0.5, 0.6) is 0 Å². The fourth-order valence-corrected chi connectivity index (χ4v) is 6.82. The highest BCUT2D eigenvalue weighted by molar-refractivity contribution is 14.1. The number of nitrogens with zero attached hydrogens (tertiary/aromatic N) is 1. The molecule has 144 valence electrons. The highest BCUT2D eigenvalue weighted by Crippen LogP contribution is 2.27. The van der Waals surface area contributed by atoms with Gasteiger partial charge in [0, 0.05) is 15.7 Å². The van der Waals surface area contributed by atoms with Crippen LogP contribution in [-0.4, -0.2) is 26.7 Å². The summed E-state index contributed by atoms with van der Waals surface area (Å²) in [7, 11) is -3.98. The van der Waals surface area contributed by atoms with Crippen LogP contribution >= 0.6 is 79.4 Å². The quantitative estimate of drug-likeness (QED) is 0.440. The van der Waals surface area contributed by atoms with Gasteiger partial charge in [0.05, 0.1) is 17.6 Å². The Kier molecular flexibility index (Phi) is 7.98. The summed E-state index contributed by atoms with van der Waals surface area (Å²) in [6.45, 7) is 0. The molecule has 0 aliphatic rings. The zero-order chi connectivity index (χ0) is 20.4. The van der Waals surface area contributed by atoms with Gasteiger partial charge in [0.25, 0.3) is 0 Å². The van der Waals surface area contributed by atoms with Gasteiger partial charge in [0.15, 0.2) is 0 Å². The average Bonchev–Trinajstić information content (AvgIpc) is 2.51. The summed E-state index contributed by atoms with van der Waals surface area (Å²) in [4.78, 5) is 24.7. The SMILES string of the molecule is CS(=O)(=O)N(C(=O)NC(=O)Nc1c(I)cc(I)cc1I)c1ccc(Cl)cc1. The number of sulfonamides is 1. The van der Waals surface area contributed by atoms with Crippen molar-refractivity contribution in [3.63, 3.8) is 0 Å². The highest BCUT2D eigenvalue weighted by Gasteiger charge is 2.27. The number of benzene rings is 2. The van der Waals surface area contributed by atoms with Crippen molar-refractivity contribution in [2.45, 2.75) is 0 Å². The van der Waals surface area contributed by atoms with Gasteiger partial charge in [-0.2, -0.15) is 4.31 Å². The Balaban J connectivity index is 2.23. The normalized spacial score (nSPS) is 11.0. The van der Waals surface area contributed by atoms with Crippen molar-refractivity contribution in [1.82, 2.24) is 5.32 Å². The molecule has 27 heavy (non-hydrogen) atoms. The molecule has 0 aromatic heterocycles. The van der Waals surface area contributed by atoms with Crippen molar-refractivity contribution in [3.05, 3.63) is 52.1 Å². The van der Waals surface area contributed by atoms with E-state index < -0.39 is 22.1 Å². The number of halogens is 4. The maximum absolute atomic E-state index is 12.4. The maximum Gasteiger partial charge on any atom is 0.343 e. The third kappa shape index (κ3) is 6.30. The molecule has 0 aliphatic carbocycles. The van der Waals surface area contributed by atoms with E-state index in [1.807, 2.05) is 17.4 Å². The van der Waals surface area contributed by atoms with Crippen molar-refractivity contribution in [2.75, 3.05) is 15.9 Å². The molecule has 0 aliphatic heterocycles. The van der Waals surface area contributed by atoms with E-state index in [4.69, 9.17) is 11.6 Å². The van der Waals surface area contributed by atoms with Crippen molar-refractivity contribution in [2.24, 2.45) is 0 Å². The number of amides is 4. The van der Waals surface area contributed by atoms with Crippen LogP contribution in [0.4, 0.5) is 21.0 Å². The average molecular weight is 746 g/mol. The molecule has 0 saturated carbocycles. The molecule has 12 heteroatoms. The minimum atomic E-state index is -3.98. The van der Waals surface area contributed by atoms with Crippen LogP contribution < -0.4 is 14.9 Å². The standard InChI is InChI=1S/C15H11ClI3N3O4S/c1-27(25,26)22(10-4-2-8(16)3-5-10)15(24)21-14(23)20-13-11(18)6-9(17)7-12(13)19/h2-7H,1H3,(H2,20,21,23,24). The number of carbonyl (C=O) groups excluding carboxylic acids is 2. The third-order valence-corrected chi connectivity index (χ3v) is 6.66. The van der Waals surface area contributed by atoms with Gasteiger partial charge >= 0.3 is 12.1 Å². The molecule has 0 bridgehead atoms. The van der Waals surface area contributed by atoms with Crippen molar-refractivity contribution in [1.29, 1.82) is 0 Å². The Hall–Kier alpha value is -0.390. The zero-order valence-corrected chi connectivity index (χ0v) is 21.5. The number of nitrogens with one attached hydrogen (secondary N) is 2. The minimum absolute atomic E-state index is 0.0608. The molecule has 2 rings (SSSR count). The van der Waals surface area contributed by atoms with E-state index >= 15 is 0 Å². The second-order valence-corrected chi connectivity index (χ2v) is 11.0. The molecule has 0 spiro atoms. The van der Waals surface area contributed by atoms with E-state index in [1.165, 1.54) is 24.3 Å². The lowest BCUT2D eigenvalue weighted by molar-refractivity contribution is 0.238. The van der Waals surface area contributed by atoms with E-state index in [9.17, 15) is 18.0 Å². The Bertz CT molecular complexity index is 977. The number of rotatable bonds is 3. The molecule has 2 aromatic rings. The summed E-state index contributed by atoms with van der Waals surface area (Å²) < 4.78 is 27.1. The summed E-state index contributed by atoms with van der Waals surface area (Å²) in [5.74, 6) is 0. The number of hydrogen-bond acceptors (Lipinski definition) is 4. The summed E-state index contributed by atoms with van der Waals surface area (Å²) in [5.41, 5.74) is 0.588. The lowest BCUT2D eigenvalue weighted by Gasteiger charge is -2.20. The maximum atomic E-state index is 12.4. The topological polar surface area (TPSA) is 95.6 Å². The van der Waals surface area contributed by atoms with Crippen LogP contribution in [0, 0.1) is 10.7 Å². The Morgan fingerprint density at radius 1 is 1.04 bits per heavy atom. The molecule has 7 nitrogen and oxygen atoms in total. The molecule has 0 fully saturated rings.